The lowest BCUT2D eigenvalue weighted by atomic mass is 10.2. The van der Waals surface area contributed by atoms with Crippen molar-refractivity contribution < 1.29 is 15.1 Å². The number of amidine groups is 1. The Hall–Kier alpha value is -2.74. The molecule has 0 fully saturated rings. The molecule has 0 unspecified atom stereocenters. The highest BCUT2D eigenvalue weighted by Gasteiger charge is 2.18. The number of hydrogen-bond donors (Lipinski definition) is 5. The van der Waals surface area contributed by atoms with E-state index in [1.807, 2.05) is 0 Å². The van der Waals surface area contributed by atoms with E-state index in [4.69, 9.17) is 5.73 Å². The van der Waals surface area contributed by atoms with Gasteiger partial charge in [0.15, 0.2) is 5.84 Å². The maximum Gasteiger partial charge on any atom is 0.259 e. The Morgan fingerprint density at radius 2 is 2.05 bits per heavy atom. The quantitative estimate of drug-likeness (QED) is 0.521. The molecule has 0 aliphatic carbocycles. The number of carbonyl (C=O) groups excluding carboxylic acids is 1. The largest absolute Gasteiger partial charge is 0.491 e. The number of hydroxylamine groups is 1. The van der Waals surface area contributed by atoms with Crippen molar-refractivity contribution in [3.05, 3.63) is 41.5 Å². The molecular weight excluding hydrogens is 250 g/mol. The molecule has 8 heteroatoms. The number of nitrogens with two attached hydrogens (primary N) is 1. The highest BCUT2D eigenvalue weighted by atomic mass is 16.5. The van der Waals surface area contributed by atoms with Crippen LogP contribution in [0.5, 0.6) is 0 Å². The molecule has 0 spiro atoms. The highest BCUT2D eigenvalue weighted by molar-refractivity contribution is 6.00. The van der Waals surface area contributed by atoms with Crippen molar-refractivity contribution in [1.29, 1.82) is 0 Å². The molecule has 0 radical (unpaired) electrons. The molecule has 0 saturated heterocycles. The van der Waals surface area contributed by atoms with Gasteiger partial charge in [0.25, 0.3) is 5.88 Å². The normalized spacial score (nSPS) is 14.8. The van der Waals surface area contributed by atoms with Crippen LogP contribution in [0.4, 0.5) is 5.69 Å². The molecule has 1 aromatic carbocycles. The molecular formula is C11H13N5O3. The van der Waals surface area contributed by atoms with Crippen molar-refractivity contribution in [2.45, 2.75) is 6.92 Å². The van der Waals surface area contributed by atoms with Gasteiger partial charge in [0.2, 0.25) is 11.7 Å². The number of nitrogens with one attached hydrogen (secondary N) is 2. The summed E-state index contributed by atoms with van der Waals surface area (Å²) in [6.45, 7) is 1.41. The smallest absolute Gasteiger partial charge is 0.259 e. The number of rotatable bonds is 2. The lowest BCUT2D eigenvalue weighted by Crippen LogP contribution is -2.45. The van der Waals surface area contributed by atoms with Crippen molar-refractivity contribution in [3.63, 3.8) is 0 Å². The first-order valence-corrected chi connectivity index (χ1v) is 5.38. The monoisotopic (exact) mass is 263 g/mol. The summed E-state index contributed by atoms with van der Waals surface area (Å²) in [6.07, 6.45) is 0. The lowest BCUT2D eigenvalue weighted by Gasteiger charge is -2.23. The maximum atomic E-state index is 10.9. The third-order valence-electron chi connectivity index (χ3n) is 2.37. The number of amides is 1. The second kappa shape index (κ2) is 4.86. The van der Waals surface area contributed by atoms with E-state index in [0.717, 1.165) is 0 Å². The van der Waals surface area contributed by atoms with Gasteiger partial charge in [-0.15, -0.1) is 5.17 Å². The summed E-state index contributed by atoms with van der Waals surface area (Å²) < 4.78 is 0. The first kappa shape index (κ1) is 12.7. The summed E-state index contributed by atoms with van der Waals surface area (Å²) in [5.41, 5.74) is 9.05. The molecule has 6 N–H and O–H groups in total. The van der Waals surface area contributed by atoms with Crippen LogP contribution in [-0.2, 0) is 4.79 Å². The van der Waals surface area contributed by atoms with E-state index in [1.54, 1.807) is 24.3 Å². The van der Waals surface area contributed by atoms with E-state index in [1.165, 1.54) is 6.92 Å². The van der Waals surface area contributed by atoms with Gasteiger partial charge in [-0.25, -0.2) is 0 Å². The van der Waals surface area contributed by atoms with Crippen molar-refractivity contribution in [2.24, 2.45) is 10.7 Å². The topological polar surface area (TPSA) is 123 Å². The number of aliphatic hydroxyl groups excluding tert-OH is 1. The fourth-order valence-corrected chi connectivity index (χ4v) is 1.49. The molecule has 1 heterocycles. The van der Waals surface area contributed by atoms with Gasteiger partial charge in [-0.05, 0) is 24.3 Å². The predicted molar refractivity (Wildman–Crippen MR) is 67.9 cm³/mol. The van der Waals surface area contributed by atoms with E-state index in [-0.39, 0.29) is 17.6 Å². The average molecular weight is 263 g/mol. The molecule has 19 heavy (non-hydrogen) atoms. The van der Waals surface area contributed by atoms with Crippen LogP contribution in [0.2, 0.25) is 0 Å². The molecule has 0 atom stereocenters. The zero-order valence-corrected chi connectivity index (χ0v) is 10.1. The van der Waals surface area contributed by atoms with Gasteiger partial charge in [-0.2, -0.15) is 4.99 Å². The Morgan fingerprint density at radius 1 is 1.42 bits per heavy atom. The summed E-state index contributed by atoms with van der Waals surface area (Å²) in [5, 5.41) is 21.9. The SMILES string of the molecule is CC(=O)Nc1ccc(C2=NC(O)=C(N)N(O)N2)cc1. The number of aliphatic imine (C=N–C) groups is 1. The van der Waals surface area contributed by atoms with Gasteiger partial charge >= 0.3 is 0 Å². The van der Waals surface area contributed by atoms with Gasteiger partial charge in [0.05, 0.1) is 0 Å². The zero-order chi connectivity index (χ0) is 14.0. The third kappa shape index (κ3) is 2.75. The highest BCUT2D eigenvalue weighted by Crippen LogP contribution is 2.13. The van der Waals surface area contributed by atoms with Crippen LogP contribution >= 0.6 is 0 Å². The van der Waals surface area contributed by atoms with Crippen LogP contribution in [0.25, 0.3) is 0 Å². The van der Waals surface area contributed by atoms with Crippen LogP contribution in [0, 0.1) is 0 Å². The molecule has 0 bridgehead atoms. The van der Waals surface area contributed by atoms with E-state index in [0.29, 0.717) is 16.4 Å². The summed E-state index contributed by atoms with van der Waals surface area (Å²) in [5.74, 6) is -0.722. The number of nitrogens with zero attached hydrogens (tertiary/aromatic N) is 2. The molecule has 2 rings (SSSR count). The third-order valence-corrected chi connectivity index (χ3v) is 2.37. The minimum Gasteiger partial charge on any atom is -0.491 e. The first-order valence-electron chi connectivity index (χ1n) is 5.38. The Kier molecular flexibility index (Phi) is 3.25. The van der Waals surface area contributed by atoms with Crippen LogP contribution in [0.3, 0.4) is 0 Å². The van der Waals surface area contributed by atoms with Gasteiger partial charge in [-0.3, -0.25) is 15.4 Å². The summed E-state index contributed by atoms with van der Waals surface area (Å²) in [4.78, 5) is 14.7. The minimum atomic E-state index is -0.484. The van der Waals surface area contributed by atoms with Crippen LogP contribution in [0.15, 0.2) is 41.0 Å². The first-order chi connectivity index (χ1) is 8.97. The predicted octanol–water partition coefficient (Wildman–Crippen LogP) is 0.244. The minimum absolute atomic E-state index is 0.171. The van der Waals surface area contributed by atoms with Gasteiger partial charge < -0.3 is 16.2 Å². The second-order valence-corrected chi connectivity index (χ2v) is 3.85. The van der Waals surface area contributed by atoms with Gasteiger partial charge in [0, 0.05) is 18.2 Å². The van der Waals surface area contributed by atoms with E-state index in [2.05, 4.69) is 15.7 Å². The Balaban J connectivity index is 2.24. The van der Waals surface area contributed by atoms with Crippen molar-refractivity contribution in [1.82, 2.24) is 10.6 Å². The molecule has 100 valence electrons. The Morgan fingerprint density at radius 3 is 2.58 bits per heavy atom. The Labute approximate surface area is 108 Å². The fourth-order valence-electron chi connectivity index (χ4n) is 1.49. The van der Waals surface area contributed by atoms with Crippen LogP contribution < -0.4 is 16.5 Å². The van der Waals surface area contributed by atoms with Crippen molar-refractivity contribution in [2.75, 3.05) is 5.32 Å². The number of hydrogen-bond acceptors (Lipinski definition) is 7. The number of benzene rings is 1. The molecule has 0 aromatic heterocycles. The molecule has 1 amide bonds. The number of hydrazine groups is 1. The molecule has 1 aromatic rings. The lowest BCUT2D eigenvalue weighted by molar-refractivity contribution is -0.114. The fraction of sp³-hybridized carbons (Fsp3) is 0.0909. The Bertz CT molecular complexity index is 564. The molecule has 8 nitrogen and oxygen atoms in total. The van der Waals surface area contributed by atoms with Crippen molar-refractivity contribution >= 4 is 17.4 Å². The van der Waals surface area contributed by atoms with E-state index in [9.17, 15) is 15.1 Å². The summed E-state index contributed by atoms with van der Waals surface area (Å²) in [6, 6.07) is 6.67. The molecule has 1 aliphatic rings. The molecule has 0 saturated carbocycles. The summed E-state index contributed by atoms with van der Waals surface area (Å²) >= 11 is 0. The standard InChI is InChI=1S/C11H13N5O3/c1-6(17)13-8-4-2-7(3-5-8)10-14-11(18)9(12)16(19)15-10/h2-5,18-19H,12H2,1H3,(H,13,17)(H,14,15). The second-order valence-electron chi connectivity index (χ2n) is 3.85. The zero-order valence-electron chi connectivity index (χ0n) is 10.1. The number of anilines is 1. The van der Waals surface area contributed by atoms with Gasteiger partial charge in [-0.1, -0.05) is 0 Å². The number of carbonyl (C=O) groups is 1. The number of aliphatic hydroxyl groups is 1. The van der Waals surface area contributed by atoms with Gasteiger partial charge in [0.1, 0.15) is 0 Å². The van der Waals surface area contributed by atoms with Crippen LogP contribution in [0.1, 0.15) is 12.5 Å². The van der Waals surface area contributed by atoms with Crippen LogP contribution in [-0.4, -0.2) is 27.2 Å². The molecule has 1 aliphatic heterocycles. The maximum absolute atomic E-state index is 10.9. The average Bonchev–Trinajstić information content (AvgIpc) is 2.35. The van der Waals surface area contributed by atoms with E-state index < -0.39 is 5.88 Å². The van der Waals surface area contributed by atoms with E-state index >= 15 is 0 Å². The summed E-state index contributed by atoms with van der Waals surface area (Å²) in [7, 11) is 0. The van der Waals surface area contributed by atoms with Crippen molar-refractivity contribution in [3.8, 4) is 0 Å².